The zero-order valence-corrected chi connectivity index (χ0v) is 23.2. The molecule has 0 heterocycles. The highest BCUT2D eigenvalue weighted by Gasteiger charge is 2.05. The molecule has 0 amide bonds. The first-order chi connectivity index (χ1) is 13.7. The maximum atomic E-state index is 5.33. The third kappa shape index (κ3) is 15.4. The van der Waals surface area contributed by atoms with Crippen LogP contribution in [0.3, 0.4) is 0 Å². The molecular formula is C22H40I2N4O2. The Morgan fingerprint density at radius 2 is 1.03 bits per heavy atom. The van der Waals surface area contributed by atoms with E-state index in [2.05, 4.69) is 48.6 Å². The van der Waals surface area contributed by atoms with Crippen molar-refractivity contribution in [2.24, 2.45) is 10.3 Å². The van der Waals surface area contributed by atoms with Gasteiger partial charge in [-0.3, -0.25) is 0 Å². The van der Waals surface area contributed by atoms with Crippen LogP contribution >= 0.6 is 0 Å². The van der Waals surface area contributed by atoms with Crippen molar-refractivity contribution in [1.29, 1.82) is 0 Å². The Morgan fingerprint density at radius 3 is 1.33 bits per heavy atom. The van der Waals surface area contributed by atoms with Crippen LogP contribution in [0, 0.1) is 0 Å². The van der Waals surface area contributed by atoms with Crippen LogP contribution in [0.25, 0.3) is 0 Å². The number of hydrogen-bond donors (Lipinski definition) is 2. The standard InChI is InChI=1S/C22H38N4O2.2HI/c1-5-21(6-2)23-13-15-27-25-17-19-9-11-20(12-10-19)18-26-28-16-14-24-22(7-3)8-4;;/h9-12,17-18,21-24H,5-8,13-16H2,1-4H3;2*1H/b25-17-,26-18-;;. The molecule has 0 aliphatic heterocycles. The molecule has 0 aliphatic rings. The minimum Gasteiger partial charge on any atom is -1.00 e. The molecule has 174 valence electrons. The van der Waals surface area contributed by atoms with Crippen molar-refractivity contribution in [3.05, 3.63) is 35.4 Å². The third-order valence-corrected chi connectivity index (χ3v) is 5.00. The Kier molecular flexibility index (Phi) is 23.0. The molecule has 1 aromatic rings. The molecule has 6 nitrogen and oxygen atoms in total. The number of halogens is 2. The van der Waals surface area contributed by atoms with Gasteiger partial charge in [-0.05, 0) is 36.8 Å². The van der Waals surface area contributed by atoms with E-state index >= 15 is 0 Å². The number of nitrogens with zero attached hydrogens (tertiary/aromatic N) is 2. The summed E-state index contributed by atoms with van der Waals surface area (Å²) in [6.07, 6.45) is 8.24. The quantitative estimate of drug-likeness (QED) is 0.0831. The molecule has 0 atom stereocenters. The predicted molar refractivity (Wildman–Crippen MR) is 116 cm³/mol. The van der Waals surface area contributed by atoms with Crippen LogP contribution in [-0.2, 0) is 9.68 Å². The SMILES string of the molecule is CCC(CC)[NH2+]CCO/N=C\c1ccc(/C=N\OCC[NH2+]C(CC)CC)cc1.[I-].[I-]. The number of oxime groups is 2. The molecule has 30 heavy (non-hydrogen) atoms. The van der Waals surface area contributed by atoms with E-state index in [0.717, 1.165) is 24.2 Å². The van der Waals surface area contributed by atoms with E-state index in [9.17, 15) is 0 Å². The summed E-state index contributed by atoms with van der Waals surface area (Å²) in [5.41, 5.74) is 2.00. The average Bonchev–Trinajstić information content (AvgIpc) is 2.74. The second kappa shape index (κ2) is 21.8. The number of nitrogens with two attached hydrogens (primary N) is 2. The van der Waals surface area contributed by atoms with Gasteiger partial charge >= 0.3 is 0 Å². The number of quaternary nitrogens is 2. The molecule has 1 rings (SSSR count). The topological polar surface area (TPSA) is 76.4 Å². The maximum Gasteiger partial charge on any atom is 0.165 e. The van der Waals surface area contributed by atoms with Gasteiger partial charge in [-0.2, -0.15) is 0 Å². The van der Waals surface area contributed by atoms with Crippen LogP contribution in [0.2, 0.25) is 0 Å². The van der Waals surface area contributed by atoms with E-state index in [4.69, 9.17) is 9.68 Å². The fourth-order valence-electron chi connectivity index (χ4n) is 2.93. The summed E-state index contributed by atoms with van der Waals surface area (Å²) < 4.78 is 0. The molecule has 4 N–H and O–H groups in total. The van der Waals surface area contributed by atoms with Crippen molar-refractivity contribution < 1.29 is 68.3 Å². The van der Waals surface area contributed by atoms with E-state index in [1.54, 1.807) is 12.4 Å². The summed E-state index contributed by atoms with van der Waals surface area (Å²) in [6, 6.07) is 9.34. The Labute approximate surface area is 217 Å². The number of hydrogen-bond acceptors (Lipinski definition) is 4. The summed E-state index contributed by atoms with van der Waals surface area (Å²) in [4.78, 5) is 10.7. The van der Waals surface area contributed by atoms with Gasteiger partial charge in [0.05, 0.1) is 24.5 Å². The van der Waals surface area contributed by atoms with Gasteiger partial charge in [-0.1, -0.05) is 62.3 Å². The largest absolute Gasteiger partial charge is 1.00 e. The van der Waals surface area contributed by atoms with E-state index in [1.165, 1.54) is 25.7 Å². The number of rotatable bonds is 16. The van der Waals surface area contributed by atoms with E-state index < -0.39 is 0 Å². The van der Waals surface area contributed by atoms with Crippen LogP contribution in [0.1, 0.15) is 64.5 Å². The van der Waals surface area contributed by atoms with Crippen molar-refractivity contribution in [3.8, 4) is 0 Å². The zero-order chi connectivity index (χ0) is 20.5. The lowest BCUT2D eigenvalue weighted by atomic mass is 10.2. The van der Waals surface area contributed by atoms with E-state index in [0.29, 0.717) is 25.3 Å². The smallest absolute Gasteiger partial charge is 0.165 e. The monoisotopic (exact) mass is 646 g/mol. The molecule has 0 saturated carbocycles. The summed E-state index contributed by atoms with van der Waals surface area (Å²) in [5, 5.41) is 12.7. The Balaban J connectivity index is 0. The summed E-state index contributed by atoms with van der Waals surface area (Å²) in [7, 11) is 0. The molecular weight excluding hydrogens is 606 g/mol. The van der Waals surface area contributed by atoms with Crippen molar-refractivity contribution in [1.82, 2.24) is 0 Å². The van der Waals surface area contributed by atoms with Crippen molar-refractivity contribution in [2.75, 3.05) is 26.3 Å². The molecule has 0 aromatic heterocycles. The molecule has 0 radical (unpaired) electrons. The first-order valence-electron chi connectivity index (χ1n) is 10.8. The first kappa shape index (κ1) is 31.7. The lowest BCUT2D eigenvalue weighted by Crippen LogP contribution is -3.00. The maximum absolute atomic E-state index is 5.33. The molecule has 8 heteroatoms. The van der Waals surface area contributed by atoms with Crippen molar-refractivity contribution in [2.45, 2.75) is 65.5 Å². The fraction of sp³-hybridized carbons (Fsp3) is 0.636. The van der Waals surface area contributed by atoms with Crippen LogP contribution < -0.4 is 58.6 Å². The molecule has 1 aromatic carbocycles. The minimum atomic E-state index is 0. The van der Waals surface area contributed by atoms with Crippen LogP contribution in [0.5, 0.6) is 0 Å². The molecule has 0 saturated heterocycles. The Hall–Kier alpha value is -0.460. The molecule has 0 spiro atoms. The molecule has 0 fully saturated rings. The van der Waals surface area contributed by atoms with Crippen LogP contribution in [0.15, 0.2) is 34.6 Å². The summed E-state index contributed by atoms with van der Waals surface area (Å²) in [5.74, 6) is 0. The Bertz CT molecular complexity index is 500. The normalized spacial score (nSPS) is 11.1. The Morgan fingerprint density at radius 1 is 0.700 bits per heavy atom. The van der Waals surface area contributed by atoms with Crippen molar-refractivity contribution in [3.63, 3.8) is 0 Å². The van der Waals surface area contributed by atoms with Gasteiger partial charge in [0.2, 0.25) is 0 Å². The van der Waals surface area contributed by atoms with E-state index in [-0.39, 0.29) is 48.0 Å². The molecule has 0 bridgehead atoms. The first-order valence-corrected chi connectivity index (χ1v) is 10.8. The summed E-state index contributed by atoms with van der Waals surface area (Å²) >= 11 is 0. The highest BCUT2D eigenvalue weighted by atomic mass is 127. The van der Waals surface area contributed by atoms with Gasteiger partial charge in [0.15, 0.2) is 13.2 Å². The fourth-order valence-corrected chi connectivity index (χ4v) is 2.93. The third-order valence-electron chi connectivity index (χ3n) is 5.00. The minimum absolute atomic E-state index is 0. The van der Waals surface area contributed by atoms with E-state index in [1.807, 2.05) is 24.3 Å². The molecule has 0 aliphatic carbocycles. The van der Waals surface area contributed by atoms with Gasteiger partial charge in [0.1, 0.15) is 13.1 Å². The lowest BCUT2D eigenvalue weighted by molar-refractivity contribution is -0.691. The van der Waals surface area contributed by atoms with Gasteiger partial charge in [-0.15, -0.1) is 0 Å². The highest BCUT2D eigenvalue weighted by Crippen LogP contribution is 2.00. The van der Waals surface area contributed by atoms with Crippen LogP contribution in [-0.4, -0.2) is 50.8 Å². The average molecular weight is 646 g/mol. The predicted octanol–water partition coefficient (Wildman–Crippen LogP) is -4.10. The van der Waals surface area contributed by atoms with Gasteiger partial charge < -0.3 is 68.3 Å². The second-order valence-corrected chi connectivity index (χ2v) is 7.00. The van der Waals surface area contributed by atoms with Gasteiger partial charge in [-0.25, -0.2) is 0 Å². The zero-order valence-electron chi connectivity index (χ0n) is 18.9. The number of benzene rings is 1. The van der Waals surface area contributed by atoms with Crippen molar-refractivity contribution >= 4 is 12.4 Å². The summed E-state index contributed by atoms with van der Waals surface area (Å²) in [6.45, 7) is 12.0. The molecule has 0 unspecified atom stereocenters. The van der Waals surface area contributed by atoms with Gasteiger partial charge in [0, 0.05) is 0 Å². The lowest BCUT2D eigenvalue weighted by Gasteiger charge is -2.10. The van der Waals surface area contributed by atoms with Gasteiger partial charge in [0.25, 0.3) is 0 Å². The second-order valence-electron chi connectivity index (χ2n) is 7.00. The van der Waals surface area contributed by atoms with Crippen LogP contribution in [0.4, 0.5) is 0 Å². The highest BCUT2D eigenvalue weighted by molar-refractivity contribution is 5.83.